The molecule has 21 heavy (non-hydrogen) atoms. The third-order valence-electron chi connectivity index (χ3n) is 3.22. The molecule has 1 rings (SSSR count). The molecule has 5 nitrogen and oxygen atoms in total. The summed E-state index contributed by atoms with van der Waals surface area (Å²) in [5, 5.41) is 12.6. The van der Waals surface area contributed by atoms with Crippen LogP contribution in [0.15, 0.2) is 12.1 Å². The number of imide groups is 1. The number of carbonyl (C=O) groups is 2. The number of rotatable bonds is 1. The highest BCUT2D eigenvalue weighted by Gasteiger charge is 2.27. The largest absolute Gasteiger partial charge is 0.507 e. The monoisotopic (exact) mass is 292 g/mol. The van der Waals surface area contributed by atoms with E-state index in [1.807, 2.05) is 41.5 Å². The normalized spacial score (nSPS) is 12.1. The van der Waals surface area contributed by atoms with Gasteiger partial charge in [0.25, 0.3) is 5.91 Å². The fourth-order valence-corrected chi connectivity index (χ4v) is 2.09. The van der Waals surface area contributed by atoms with Gasteiger partial charge in [0.1, 0.15) is 5.75 Å². The molecule has 3 amide bonds. The molecule has 0 aromatic heterocycles. The van der Waals surface area contributed by atoms with E-state index in [0.29, 0.717) is 16.7 Å². The summed E-state index contributed by atoms with van der Waals surface area (Å²) in [6.07, 6.45) is 0. The van der Waals surface area contributed by atoms with Crippen molar-refractivity contribution < 1.29 is 14.7 Å². The molecule has 0 spiro atoms. The predicted octanol–water partition coefficient (Wildman–Crippen LogP) is 2.80. The van der Waals surface area contributed by atoms with Gasteiger partial charge in [0.05, 0.1) is 0 Å². The van der Waals surface area contributed by atoms with Crippen LogP contribution in [0.3, 0.4) is 0 Å². The van der Waals surface area contributed by atoms with Crippen LogP contribution in [0.1, 0.15) is 63.0 Å². The average molecular weight is 292 g/mol. The van der Waals surface area contributed by atoms with Crippen LogP contribution < -0.4 is 11.1 Å². The molecule has 1 aromatic rings. The van der Waals surface area contributed by atoms with Crippen molar-refractivity contribution in [2.75, 3.05) is 0 Å². The Bertz CT molecular complexity index is 543. The number of nitrogens with two attached hydrogens (primary N) is 1. The molecule has 0 aliphatic heterocycles. The minimum atomic E-state index is -0.900. The van der Waals surface area contributed by atoms with E-state index < -0.39 is 11.9 Å². The first kappa shape index (κ1) is 17.0. The highest BCUT2D eigenvalue weighted by Crippen LogP contribution is 2.39. The summed E-state index contributed by atoms with van der Waals surface area (Å²) >= 11 is 0. The summed E-state index contributed by atoms with van der Waals surface area (Å²) in [4.78, 5) is 22.9. The first-order chi connectivity index (χ1) is 9.34. The number of primary amides is 1. The van der Waals surface area contributed by atoms with Crippen molar-refractivity contribution in [2.24, 2.45) is 5.73 Å². The lowest BCUT2D eigenvalue weighted by Gasteiger charge is -2.28. The zero-order valence-electron chi connectivity index (χ0n) is 13.5. The predicted molar refractivity (Wildman–Crippen MR) is 82.6 cm³/mol. The van der Waals surface area contributed by atoms with E-state index in [9.17, 15) is 14.7 Å². The number of amides is 3. The van der Waals surface area contributed by atoms with Crippen molar-refractivity contribution in [1.82, 2.24) is 5.32 Å². The smallest absolute Gasteiger partial charge is 0.319 e. The molecule has 4 N–H and O–H groups in total. The standard InChI is InChI=1S/C16H24N2O3/c1-15(2,3)10-7-9(13(20)18-14(17)21)8-11(12(10)19)16(4,5)6/h7-8,19H,1-6H3,(H3,17,18,20,21). The van der Waals surface area contributed by atoms with Gasteiger partial charge in [0, 0.05) is 16.7 Å². The fourth-order valence-electron chi connectivity index (χ4n) is 2.09. The van der Waals surface area contributed by atoms with Crippen molar-refractivity contribution in [1.29, 1.82) is 0 Å². The van der Waals surface area contributed by atoms with Crippen molar-refractivity contribution in [2.45, 2.75) is 52.4 Å². The van der Waals surface area contributed by atoms with Crippen molar-refractivity contribution >= 4 is 11.9 Å². The average Bonchev–Trinajstić information content (AvgIpc) is 2.24. The molecule has 0 radical (unpaired) electrons. The molecular formula is C16H24N2O3. The summed E-state index contributed by atoms with van der Waals surface area (Å²) in [7, 11) is 0. The number of phenols is 1. The number of phenolic OH excluding ortho intramolecular Hbond substituents is 1. The Morgan fingerprint density at radius 2 is 1.38 bits per heavy atom. The van der Waals surface area contributed by atoms with E-state index in [0.717, 1.165) is 0 Å². The molecule has 0 unspecified atom stereocenters. The first-order valence-electron chi connectivity index (χ1n) is 6.83. The molecule has 116 valence electrons. The molecular weight excluding hydrogens is 268 g/mol. The van der Waals surface area contributed by atoms with Crippen LogP contribution in [0.2, 0.25) is 0 Å². The lowest BCUT2D eigenvalue weighted by Crippen LogP contribution is -2.35. The number of benzene rings is 1. The van der Waals surface area contributed by atoms with Crippen LogP contribution in [0, 0.1) is 0 Å². The van der Waals surface area contributed by atoms with Gasteiger partial charge < -0.3 is 10.8 Å². The molecule has 5 heteroatoms. The summed E-state index contributed by atoms with van der Waals surface area (Å²) in [5.74, 6) is -0.385. The van der Waals surface area contributed by atoms with Crippen LogP contribution in [0.4, 0.5) is 4.79 Å². The van der Waals surface area contributed by atoms with E-state index in [2.05, 4.69) is 5.32 Å². The Labute approximate surface area is 125 Å². The molecule has 0 aliphatic carbocycles. The van der Waals surface area contributed by atoms with Gasteiger partial charge in [0.15, 0.2) is 0 Å². The zero-order chi connectivity index (χ0) is 16.6. The summed E-state index contributed by atoms with van der Waals surface area (Å²) in [6.45, 7) is 11.7. The molecule has 0 heterocycles. The third-order valence-corrected chi connectivity index (χ3v) is 3.22. The maximum absolute atomic E-state index is 12.0. The zero-order valence-corrected chi connectivity index (χ0v) is 13.5. The van der Waals surface area contributed by atoms with Gasteiger partial charge in [-0.2, -0.15) is 0 Å². The third kappa shape index (κ3) is 3.97. The first-order valence-corrected chi connectivity index (χ1v) is 6.83. The minimum Gasteiger partial charge on any atom is -0.507 e. The maximum Gasteiger partial charge on any atom is 0.319 e. The molecule has 0 fully saturated rings. The van der Waals surface area contributed by atoms with Crippen molar-refractivity contribution in [3.05, 3.63) is 28.8 Å². The van der Waals surface area contributed by atoms with E-state index in [-0.39, 0.29) is 16.6 Å². The highest BCUT2D eigenvalue weighted by molar-refractivity contribution is 6.04. The highest BCUT2D eigenvalue weighted by atomic mass is 16.3. The summed E-state index contributed by atoms with van der Waals surface area (Å²) < 4.78 is 0. The van der Waals surface area contributed by atoms with Crippen LogP contribution in [0.25, 0.3) is 0 Å². The Kier molecular flexibility index (Phi) is 4.37. The number of hydrogen-bond donors (Lipinski definition) is 3. The van der Waals surface area contributed by atoms with Crippen molar-refractivity contribution in [3.63, 3.8) is 0 Å². The number of aromatic hydroxyl groups is 1. The van der Waals surface area contributed by atoms with Crippen LogP contribution in [0.5, 0.6) is 5.75 Å². The summed E-state index contributed by atoms with van der Waals surface area (Å²) in [5.41, 5.74) is 5.93. The number of nitrogens with one attached hydrogen (secondary N) is 1. The second-order valence-electron chi connectivity index (χ2n) is 7.24. The molecule has 0 bridgehead atoms. The maximum atomic E-state index is 12.0. The van der Waals surface area contributed by atoms with E-state index in [1.54, 1.807) is 12.1 Å². The van der Waals surface area contributed by atoms with E-state index in [4.69, 9.17) is 5.73 Å². The minimum absolute atomic E-state index is 0.186. The quantitative estimate of drug-likeness (QED) is 0.743. The molecule has 1 aromatic carbocycles. The summed E-state index contributed by atoms with van der Waals surface area (Å²) in [6, 6.07) is 2.30. The molecule has 0 aliphatic rings. The van der Waals surface area contributed by atoms with Crippen LogP contribution >= 0.6 is 0 Å². The van der Waals surface area contributed by atoms with Crippen LogP contribution in [-0.2, 0) is 10.8 Å². The van der Waals surface area contributed by atoms with E-state index in [1.165, 1.54) is 0 Å². The van der Waals surface area contributed by atoms with Gasteiger partial charge in [-0.3, -0.25) is 10.1 Å². The fraction of sp³-hybridized carbons (Fsp3) is 0.500. The molecule has 0 saturated heterocycles. The number of carbonyl (C=O) groups excluding carboxylic acids is 2. The van der Waals surface area contributed by atoms with Gasteiger partial charge in [-0.05, 0) is 23.0 Å². The van der Waals surface area contributed by atoms with Gasteiger partial charge in [-0.15, -0.1) is 0 Å². The Balaban J connectivity index is 3.55. The van der Waals surface area contributed by atoms with Gasteiger partial charge in [-0.25, -0.2) is 4.79 Å². The number of urea groups is 1. The Morgan fingerprint density at radius 1 is 1.00 bits per heavy atom. The SMILES string of the molecule is CC(C)(C)c1cc(C(=O)NC(N)=O)cc(C(C)(C)C)c1O. The second kappa shape index (κ2) is 5.39. The lowest BCUT2D eigenvalue weighted by atomic mass is 9.78. The topological polar surface area (TPSA) is 92.4 Å². The van der Waals surface area contributed by atoms with Crippen LogP contribution in [-0.4, -0.2) is 17.0 Å². The van der Waals surface area contributed by atoms with Gasteiger partial charge >= 0.3 is 6.03 Å². The lowest BCUT2D eigenvalue weighted by molar-refractivity contribution is 0.0966. The molecule has 0 atom stereocenters. The Hall–Kier alpha value is -2.04. The number of hydrogen-bond acceptors (Lipinski definition) is 3. The second-order valence-corrected chi connectivity index (χ2v) is 7.24. The van der Waals surface area contributed by atoms with Crippen molar-refractivity contribution in [3.8, 4) is 5.75 Å². The Morgan fingerprint density at radius 3 is 1.67 bits per heavy atom. The molecule has 0 saturated carbocycles. The van der Waals surface area contributed by atoms with Gasteiger partial charge in [-0.1, -0.05) is 41.5 Å². The van der Waals surface area contributed by atoms with E-state index >= 15 is 0 Å². The van der Waals surface area contributed by atoms with Gasteiger partial charge in [0.2, 0.25) is 0 Å².